The van der Waals surface area contributed by atoms with Gasteiger partial charge < -0.3 is 5.32 Å². The van der Waals surface area contributed by atoms with Crippen LogP contribution >= 0.6 is 23.4 Å². The van der Waals surface area contributed by atoms with Gasteiger partial charge in [-0.2, -0.15) is 0 Å². The van der Waals surface area contributed by atoms with Crippen molar-refractivity contribution in [3.8, 4) is 0 Å². The number of rotatable bonds is 2. The van der Waals surface area contributed by atoms with Crippen LogP contribution < -0.4 is 5.32 Å². The van der Waals surface area contributed by atoms with Gasteiger partial charge in [0.25, 0.3) is 0 Å². The molecule has 0 fully saturated rings. The molecule has 0 saturated heterocycles. The highest BCUT2D eigenvalue weighted by Crippen LogP contribution is 2.22. The van der Waals surface area contributed by atoms with Crippen LogP contribution in [0.3, 0.4) is 0 Å². The molecule has 92 valence electrons. The molecule has 0 amide bonds. The van der Waals surface area contributed by atoms with Crippen molar-refractivity contribution in [2.45, 2.75) is 19.6 Å². The third-order valence-electron chi connectivity index (χ3n) is 2.63. The number of nitrogens with zero attached hydrogens (tertiary/aromatic N) is 1. The maximum atomic E-state index is 5.95. The Kier molecular flexibility index (Phi) is 4.00. The molecule has 2 rings (SSSR count). The molecule has 0 aliphatic carbocycles. The number of aliphatic imine (C=N–C) groups is 1. The number of amidine groups is 1. The molecule has 0 radical (unpaired) electrons. The van der Waals surface area contributed by atoms with Crippen molar-refractivity contribution in [3.05, 3.63) is 34.9 Å². The molecule has 0 bridgehead atoms. The molecule has 0 atom stereocenters. The number of halogens is 1. The molecule has 0 spiro atoms. The molecule has 0 unspecified atom stereocenters. The van der Waals surface area contributed by atoms with Crippen molar-refractivity contribution in [2.75, 3.05) is 13.1 Å². The van der Waals surface area contributed by atoms with E-state index in [2.05, 4.69) is 30.2 Å². The minimum absolute atomic E-state index is 0.278. The van der Waals surface area contributed by atoms with Crippen molar-refractivity contribution < 1.29 is 0 Å². The van der Waals surface area contributed by atoms with Gasteiger partial charge in [0.1, 0.15) is 0 Å². The fourth-order valence-electron chi connectivity index (χ4n) is 1.59. The summed E-state index contributed by atoms with van der Waals surface area (Å²) in [6.07, 6.45) is 0. The van der Waals surface area contributed by atoms with Crippen LogP contribution in [0.2, 0.25) is 5.02 Å². The van der Waals surface area contributed by atoms with Gasteiger partial charge in [-0.3, -0.25) is 4.99 Å². The maximum Gasteiger partial charge on any atom is 0.156 e. The monoisotopic (exact) mass is 268 g/mol. The van der Waals surface area contributed by atoms with Crippen molar-refractivity contribution >= 4 is 28.5 Å². The summed E-state index contributed by atoms with van der Waals surface area (Å²) in [4.78, 5) is 4.56. The van der Waals surface area contributed by atoms with Crippen LogP contribution in [0.5, 0.6) is 0 Å². The highest BCUT2D eigenvalue weighted by atomic mass is 35.5. The van der Waals surface area contributed by atoms with E-state index in [1.807, 2.05) is 18.2 Å². The molecule has 17 heavy (non-hydrogen) atoms. The molecule has 1 aliphatic rings. The smallest absolute Gasteiger partial charge is 0.156 e. The van der Waals surface area contributed by atoms with Gasteiger partial charge in [0.2, 0.25) is 0 Å². The van der Waals surface area contributed by atoms with Gasteiger partial charge in [-0.1, -0.05) is 49.3 Å². The Balaban J connectivity index is 1.89. The lowest BCUT2D eigenvalue weighted by molar-refractivity contribution is 0.364. The van der Waals surface area contributed by atoms with Crippen LogP contribution in [0, 0.1) is 5.41 Å². The van der Waals surface area contributed by atoms with Crippen LogP contribution in [0.25, 0.3) is 0 Å². The van der Waals surface area contributed by atoms with Gasteiger partial charge >= 0.3 is 0 Å². The second-order valence-corrected chi connectivity index (χ2v) is 6.46. The Labute approximate surface area is 112 Å². The first-order valence-corrected chi connectivity index (χ1v) is 7.07. The van der Waals surface area contributed by atoms with E-state index < -0.39 is 0 Å². The predicted octanol–water partition coefficient (Wildman–Crippen LogP) is 3.56. The lowest BCUT2D eigenvalue weighted by Gasteiger charge is -2.28. The largest absolute Gasteiger partial charge is 0.364 e. The maximum absolute atomic E-state index is 5.95. The average molecular weight is 269 g/mol. The molecular weight excluding hydrogens is 252 g/mol. The molecule has 0 saturated carbocycles. The fourth-order valence-corrected chi connectivity index (χ4v) is 2.61. The highest BCUT2D eigenvalue weighted by Gasteiger charge is 2.22. The summed E-state index contributed by atoms with van der Waals surface area (Å²) in [5.74, 6) is 0.910. The summed E-state index contributed by atoms with van der Waals surface area (Å²) in [7, 11) is 0. The predicted molar refractivity (Wildman–Crippen MR) is 76.8 cm³/mol. The minimum atomic E-state index is 0.278. The first kappa shape index (κ1) is 12.8. The van der Waals surface area contributed by atoms with E-state index in [1.54, 1.807) is 11.8 Å². The van der Waals surface area contributed by atoms with Crippen LogP contribution in [0.1, 0.15) is 19.4 Å². The topological polar surface area (TPSA) is 24.4 Å². The molecule has 1 aromatic carbocycles. The summed E-state index contributed by atoms with van der Waals surface area (Å²) >= 11 is 7.69. The average Bonchev–Trinajstić information content (AvgIpc) is 2.28. The molecule has 1 N–H and O–H groups in total. The van der Waals surface area contributed by atoms with Gasteiger partial charge in [0.05, 0.1) is 0 Å². The number of benzene rings is 1. The third-order valence-corrected chi connectivity index (χ3v) is 3.89. The van der Waals surface area contributed by atoms with E-state index in [4.69, 9.17) is 11.6 Å². The van der Waals surface area contributed by atoms with E-state index in [-0.39, 0.29) is 5.41 Å². The van der Waals surface area contributed by atoms with Crippen LogP contribution in [0.15, 0.2) is 29.3 Å². The number of hydrogen-bond acceptors (Lipinski definition) is 3. The van der Waals surface area contributed by atoms with Crippen molar-refractivity contribution in [2.24, 2.45) is 10.4 Å². The SMILES string of the molecule is CC1(C)CN=C(SCc2cccc(Cl)c2)NC1. The Bertz CT molecular complexity index is 429. The van der Waals surface area contributed by atoms with Crippen molar-refractivity contribution in [3.63, 3.8) is 0 Å². The summed E-state index contributed by atoms with van der Waals surface area (Å²) < 4.78 is 0. The number of nitrogens with one attached hydrogen (secondary N) is 1. The molecule has 4 heteroatoms. The quantitative estimate of drug-likeness (QED) is 0.887. The van der Waals surface area contributed by atoms with E-state index in [9.17, 15) is 0 Å². The van der Waals surface area contributed by atoms with Gasteiger partial charge in [-0.15, -0.1) is 0 Å². The lowest BCUT2D eigenvalue weighted by Crippen LogP contribution is -2.39. The van der Waals surface area contributed by atoms with Crippen LogP contribution in [0.4, 0.5) is 0 Å². The molecule has 1 aromatic rings. The summed E-state index contributed by atoms with van der Waals surface area (Å²) in [5.41, 5.74) is 1.51. The van der Waals surface area contributed by atoms with E-state index in [1.165, 1.54) is 5.56 Å². The molecule has 1 aliphatic heterocycles. The Morgan fingerprint density at radius 1 is 1.47 bits per heavy atom. The van der Waals surface area contributed by atoms with Gasteiger partial charge in [0.15, 0.2) is 5.17 Å². The summed E-state index contributed by atoms with van der Waals surface area (Å²) in [6.45, 7) is 6.34. The first-order valence-electron chi connectivity index (χ1n) is 5.71. The zero-order chi connectivity index (χ0) is 12.3. The summed E-state index contributed by atoms with van der Waals surface area (Å²) in [5, 5.41) is 5.21. The van der Waals surface area contributed by atoms with Crippen molar-refractivity contribution in [1.82, 2.24) is 5.32 Å². The fraction of sp³-hybridized carbons (Fsp3) is 0.462. The van der Waals surface area contributed by atoms with Crippen molar-refractivity contribution in [1.29, 1.82) is 0 Å². The zero-order valence-corrected chi connectivity index (χ0v) is 11.7. The van der Waals surface area contributed by atoms with Gasteiger partial charge in [-0.25, -0.2) is 0 Å². The minimum Gasteiger partial charge on any atom is -0.364 e. The van der Waals surface area contributed by atoms with Gasteiger partial charge in [0, 0.05) is 29.3 Å². The van der Waals surface area contributed by atoms with E-state index in [0.717, 1.165) is 29.0 Å². The second-order valence-electron chi connectivity index (χ2n) is 5.06. The molecule has 0 aromatic heterocycles. The Morgan fingerprint density at radius 2 is 2.29 bits per heavy atom. The van der Waals surface area contributed by atoms with Gasteiger partial charge in [-0.05, 0) is 17.7 Å². The first-order chi connectivity index (χ1) is 8.05. The Hall–Kier alpha value is -0.670. The normalized spacial score (nSPS) is 18.4. The standard InChI is InChI=1S/C13H17ClN2S/c1-13(2)8-15-12(16-9-13)17-7-10-4-3-5-11(14)6-10/h3-6H,7-9H2,1-2H3,(H,15,16). The summed E-state index contributed by atoms with van der Waals surface area (Å²) in [6, 6.07) is 7.97. The second kappa shape index (κ2) is 5.32. The van der Waals surface area contributed by atoms with E-state index in [0.29, 0.717) is 0 Å². The molecule has 2 nitrogen and oxygen atoms in total. The zero-order valence-electron chi connectivity index (χ0n) is 10.2. The van der Waals surface area contributed by atoms with Crippen LogP contribution in [-0.4, -0.2) is 18.3 Å². The number of thioether (sulfide) groups is 1. The van der Waals surface area contributed by atoms with E-state index >= 15 is 0 Å². The molecular formula is C13H17ClN2S. The highest BCUT2D eigenvalue weighted by molar-refractivity contribution is 8.13. The van der Waals surface area contributed by atoms with Crippen LogP contribution in [-0.2, 0) is 5.75 Å². The third kappa shape index (κ3) is 3.93. The lowest BCUT2D eigenvalue weighted by atomic mass is 9.93. The molecule has 1 heterocycles. The number of hydrogen-bond donors (Lipinski definition) is 1. The Morgan fingerprint density at radius 3 is 2.94 bits per heavy atom.